The van der Waals surface area contributed by atoms with Crippen molar-refractivity contribution in [1.29, 1.82) is 0 Å². The molecule has 3 heteroatoms. The van der Waals surface area contributed by atoms with Crippen molar-refractivity contribution in [2.45, 2.75) is 17.4 Å². The summed E-state index contributed by atoms with van der Waals surface area (Å²) >= 11 is 1.62. The summed E-state index contributed by atoms with van der Waals surface area (Å²) in [6.07, 6.45) is 0.241. The molecule has 128 valence electrons. The minimum absolute atomic E-state index is 0.221. The number of thioether (sulfide) groups is 1. The van der Waals surface area contributed by atoms with Gasteiger partial charge in [0.1, 0.15) is 0 Å². The number of hydrogen-bond donors (Lipinski definition) is 0. The lowest BCUT2D eigenvalue weighted by atomic mass is 10.0. The predicted octanol–water partition coefficient (Wildman–Crippen LogP) is 5.57. The van der Waals surface area contributed by atoms with Crippen molar-refractivity contribution >= 4 is 17.7 Å². The molecule has 3 aromatic carbocycles. The molecule has 0 saturated heterocycles. The molecule has 1 heterocycles. The highest BCUT2D eigenvalue weighted by molar-refractivity contribution is 8.03. The third kappa shape index (κ3) is 3.58. The zero-order valence-electron chi connectivity index (χ0n) is 14.2. The normalized spacial score (nSPS) is 16.6. The van der Waals surface area contributed by atoms with Gasteiger partial charge >= 0.3 is 5.97 Å². The minimum Gasteiger partial charge on any atom is -0.449 e. The monoisotopic (exact) mass is 358 g/mol. The van der Waals surface area contributed by atoms with Crippen molar-refractivity contribution in [3.05, 3.63) is 113 Å². The lowest BCUT2D eigenvalue weighted by Crippen LogP contribution is -2.04. The Hall–Kier alpha value is -2.78. The summed E-state index contributed by atoms with van der Waals surface area (Å²) in [5, 5.41) is 0. The Morgan fingerprint density at radius 2 is 1.35 bits per heavy atom. The third-order valence-electron chi connectivity index (χ3n) is 4.30. The molecule has 1 atom stereocenters. The lowest BCUT2D eigenvalue weighted by molar-refractivity contribution is -0.140. The number of esters is 1. The van der Waals surface area contributed by atoms with E-state index in [4.69, 9.17) is 4.74 Å². The molecule has 0 saturated carbocycles. The highest BCUT2D eigenvalue weighted by Crippen LogP contribution is 2.45. The van der Waals surface area contributed by atoms with Crippen LogP contribution in [0.1, 0.15) is 17.2 Å². The SMILES string of the molecule is O=C1OC(c2ccccc2)C(Sc2ccccc2)=C1Cc1ccccc1. The van der Waals surface area contributed by atoms with Gasteiger partial charge in [0.05, 0.1) is 5.57 Å². The number of ether oxygens (including phenoxy) is 1. The van der Waals surface area contributed by atoms with Crippen molar-refractivity contribution in [1.82, 2.24) is 0 Å². The van der Waals surface area contributed by atoms with E-state index in [2.05, 4.69) is 12.1 Å². The summed E-state index contributed by atoms with van der Waals surface area (Å²) in [5.41, 5.74) is 2.86. The van der Waals surface area contributed by atoms with E-state index in [0.717, 1.165) is 26.5 Å². The van der Waals surface area contributed by atoms with Crippen molar-refractivity contribution in [2.24, 2.45) is 0 Å². The summed E-state index contributed by atoms with van der Waals surface area (Å²) in [6, 6.07) is 30.1. The van der Waals surface area contributed by atoms with Crippen LogP contribution in [0.15, 0.2) is 106 Å². The molecule has 0 aromatic heterocycles. The molecule has 1 aliphatic rings. The molecule has 0 radical (unpaired) electrons. The number of benzene rings is 3. The first kappa shape index (κ1) is 16.7. The highest BCUT2D eigenvalue weighted by atomic mass is 32.2. The quantitative estimate of drug-likeness (QED) is 0.558. The number of carbonyl (C=O) groups is 1. The molecule has 0 aliphatic carbocycles. The van der Waals surface area contributed by atoms with E-state index in [-0.39, 0.29) is 12.1 Å². The Morgan fingerprint density at radius 1 is 0.769 bits per heavy atom. The predicted molar refractivity (Wildman–Crippen MR) is 105 cm³/mol. The van der Waals surface area contributed by atoms with E-state index in [9.17, 15) is 4.79 Å². The van der Waals surface area contributed by atoms with E-state index in [1.807, 2.05) is 78.9 Å². The first-order valence-corrected chi connectivity index (χ1v) is 9.39. The lowest BCUT2D eigenvalue weighted by Gasteiger charge is -2.14. The van der Waals surface area contributed by atoms with E-state index < -0.39 is 0 Å². The Kier molecular flexibility index (Phi) is 4.89. The van der Waals surface area contributed by atoms with E-state index in [1.54, 1.807) is 11.8 Å². The molecule has 3 aromatic rings. The summed E-state index contributed by atoms with van der Waals surface area (Å²) in [5.74, 6) is -0.221. The van der Waals surface area contributed by atoms with Gasteiger partial charge in [-0.05, 0) is 23.3 Å². The van der Waals surface area contributed by atoms with E-state index in [0.29, 0.717) is 6.42 Å². The second-order valence-corrected chi connectivity index (χ2v) is 7.23. The fraction of sp³-hybridized carbons (Fsp3) is 0.0870. The van der Waals surface area contributed by atoms with Crippen LogP contribution in [0, 0.1) is 0 Å². The zero-order valence-corrected chi connectivity index (χ0v) is 15.0. The number of hydrogen-bond acceptors (Lipinski definition) is 3. The first-order chi connectivity index (χ1) is 12.8. The van der Waals surface area contributed by atoms with Gasteiger partial charge in [0.25, 0.3) is 0 Å². The van der Waals surface area contributed by atoms with E-state index >= 15 is 0 Å². The zero-order chi connectivity index (χ0) is 17.8. The standard InChI is InChI=1S/C23H18O2S/c24-23-20(16-17-10-4-1-5-11-17)22(26-19-14-8-3-9-15-19)21(25-23)18-12-6-2-7-13-18/h1-15,21H,16H2. The van der Waals surface area contributed by atoms with E-state index in [1.165, 1.54) is 0 Å². The maximum Gasteiger partial charge on any atom is 0.336 e. The number of carbonyl (C=O) groups excluding carboxylic acids is 1. The van der Waals surface area contributed by atoms with Gasteiger partial charge in [0.15, 0.2) is 6.10 Å². The summed E-state index contributed by atoms with van der Waals surface area (Å²) in [6.45, 7) is 0. The van der Waals surface area contributed by atoms with Gasteiger partial charge in [-0.15, -0.1) is 0 Å². The van der Waals surface area contributed by atoms with Crippen molar-refractivity contribution in [3.63, 3.8) is 0 Å². The van der Waals surface area contributed by atoms with Gasteiger partial charge in [0.2, 0.25) is 0 Å². The molecule has 0 bridgehead atoms. The Bertz CT molecular complexity index is 918. The molecule has 0 amide bonds. The highest BCUT2D eigenvalue weighted by Gasteiger charge is 2.35. The van der Waals surface area contributed by atoms with Crippen molar-refractivity contribution in [2.75, 3.05) is 0 Å². The molecule has 26 heavy (non-hydrogen) atoms. The van der Waals surface area contributed by atoms with Gasteiger partial charge in [-0.2, -0.15) is 0 Å². The second-order valence-electron chi connectivity index (χ2n) is 6.12. The van der Waals surface area contributed by atoms with Crippen molar-refractivity contribution < 1.29 is 9.53 Å². The fourth-order valence-electron chi connectivity index (χ4n) is 3.03. The fourth-order valence-corrected chi connectivity index (χ4v) is 4.14. The summed E-state index contributed by atoms with van der Waals surface area (Å²) in [4.78, 5) is 14.8. The minimum atomic E-state index is -0.340. The van der Waals surface area contributed by atoms with Crippen LogP contribution in [0.3, 0.4) is 0 Å². The van der Waals surface area contributed by atoms with Crippen LogP contribution in [0.25, 0.3) is 0 Å². The van der Waals surface area contributed by atoms with Gasteiger partial charge in [0, 0.05) is 16.2 Å². The second kappa shape index (κ2) is 7.63. The molecule has 0 N–H and O–H groups in total. The molecule has 0 spiro atoms. The molecule has 4 rings (SSSR count). The average Bonchev–Trinajstić information content (AvgIpc) is 3.00. The van der Waals surface area contributed by atoms with Crippen molar-refractivity contribution in [3.8, 4) is 0 Å². The Labute approximate surface area is 157 Å². The smallest absolute Gasteiger partial charge is 0.336 e. The molecule has 1 unspecified atom stereocenters. The molecule has 0 fully saturated rings. The van der Waals surface area contributed by atoms with Gasteiger partial charge in [-0.3, -0.25) is 0 Å². The number of rotatable bonds is 5. The summed E-state index contributed by atoms with van der Waals surface area (Å²) < 4.78 is 5.78. The van der Waals surface area contributed by atoms with Crippen LogP contribution in [-0.2, 0) is 16.0 Å². The van der Waals surface area contributed by atoms with Gasteiger partial charge in [-0.1, -0.05) is 90.6 Å². The van der Waals surface area contributed by atoms with Crippen LogP contribution < -0.4 is 0 Å². The third-order valence-corrected chi connectivity index (χ3v) is 5.49. The number of cyclic esters (lactones) is 1. The van der Waals surface area contributed by atoms with Crippen LogP contribution in [0.4, 0.5) is 0 Å². The van der Waals surface area contributed by atoms with Gasteiger partial charge < -0.3 is 4.74 Å². The van der Waals surface area contributed by atoms with Crippen LogP contribution in [0.2, 0.25) is 0 Å². The van der Waals surface area contributed by atoms with Crippen LogP contribution in [0.5, 0.6) is 0 Å². The molecular formula is C23H18O2S. The maximum atomic E-state index is 12.7. The summed E-state index contributed by atoms with van der Waals surface area (Å²) in [7, 11) is 0. The Balaban J connectivity index is 1.74. The maximum absolute atomic E-state index is 12.7. The average molecular weight is 358 g/mol. The largest absolute Gasteiger partial charge is 0.449 e. The molecule has 2 nitrogen and oxygen atoms in total. The molecule has 1 aliphatic heterocycles. The van der Waals surface area contributed by atoms with Crippen LogP contribution >= 0.6 is 11.8 Å². The van der Waals surface area contributed by atoms with Crippen LogP contribution in [-0.4, -0.2) is 5.97 Å². The first-order valence-electron chi connectivity index (χ1n) is 8.57. The molecular weight excluding hydrogens is 340 g/mol. The topological polar surface area (TPSA) is 26.3 Å². The van der Waals surface area contributed by atoms with Gasteiger partial charge in [-0.25, -0.2) is 4.79 Å². The Morgan fingerprint density at radius 3 is 2.00 bits per heavy atom.